The Labute approximate surface area is 178 Å². The lowest BCUT2D eigenvalue weighted by Gasteiger charge is -2.28. The Morgan fingerprint density at radius 2 is 1.87 bits per heavy atom. The summed E-state index contributed by atoms with van der Waals surface area (Å²) in [6.07, 6.45) is 0. The number of benzene rings is 2. The summed E-state index contributed by atoms with van der Waals surface area (Å²) in [5, 5.41) is 10.6. The fourth-order valence-corrected chi connectivity index (χ4v) is 3.53. The van der Waals surface area contributed by atoms with Crippen LogP contribution in [-0.4, -0.2) is 30.5 Å². The summed E-state index contributed by atoms with van der Waals surface area (Å²) < 4.78 is 39.4. The number of hydrogen-bond donors (Lipinski definition) is 1. The van der Waals surface area contributed by atoms with Crippen LogP contribution >= 0.6 is 0 Å². The van der Waals surface area contributed by atoms with Crippen LogP contribution in [0.2, 0.25) is 0 Å². The van der Waals surface area contributed by atoms with Crippen molar-refractivity contribution in [2.24, 2.45) is 5.92 Å². The number of carbonyl (C=O) groups is 2. The maximum absolute atomic E-state index is 14.6. The van der Waals surface area contributed by atoms with Gasteiger partial charge < -0.3 is 14.6 Å². The summed E-state index contributed by atoms with van der Waals surface area (Å²) in [6, 6.07) is 6.19. The molecule has 0 fully saturated rings. The molecule has 1 aliphatic rings. The fraction of sp³-hybridized carbons (Fsp3) is 0.304. The van der Waals surface area contributed by atoms with Crippen molar-refractivity contribution < 1.29 is 33.0 Å². The molecule has 1 atom stereocenters. The van der Waals surface area contributed by atoms with Crippen molar-refractivity contribution in [1.82, 2.24) is 0 Å². The zero-order valence-corrected chi connectivity index (χ0v) is 17.6. The predicted octanol–water partition coefficient (Wildman–Crippen LogP) is 4.50. The van der Waals surface area contributed by atoms with Gasteiger partial charge in [-0.15, -0.1) is 0 Å². The molecule has 1 amide bonds. The van der Waals surface area contributed by atoms with Crippen LogP contribution in [0.5, 0.6) is 11.5 Å². The standard InChI is InChI=1S/C23H23F2NO5/c1-5-31-18-10-13(6-9-17(18)30-4)20-19(21(27)12(2)3)22(28)23(29)26(20)16-11-14(24)7-8-15(16)25/h6-12,20,28H,5H2,1-4H3. The Balaban J connectivity index is 2.26. The minimum Gasteiger partial charge on any atom is -0.503 e. The molecule has 1 aliphatic heterocycles. The van der Waals surface area contributed by atoms with Crippen LogP contribution < -0.4 is 14.4 Å². The van der Waals surface area contributed by atoms with Gasteiger partial charge in [-0.3, -0.25) is 14.5 Å². The molecular formula is C23H23F2NO5. The first kappa shape index (κ1) is 22.3. The minimum atomic E-state index is -1.18. The van der Waals surface area contributed by atoms with Crippen molar-refractivity contribution in [2.45, 2.75) is 26.8 Å². The summed E-state index contributed by atoms with van der Waals surface area (Å²) >= 11 is 0. The number of ketones is 1. The molecule has 0 saturated carbocycles. The second kappa shape index (κ2) is 8.75. The zero-order valence-electron chi connectivity index (χ0n) is 17.6. The minimum absolute atomic E-state index is 0.184. The Morgan fingerprint density at radius 3 is 2.48 bits per heavy atom. The maximum Gasteiger partial charge on any atom is 0.294 e. The van der Waals surface area contributed by atoms with Gasteiger partial charge in [0.1, 0.15) is 11.6 Å². The van der Waals surface area contributed by atoms with Gasteiger partial charge in [0.05, 0.1) is 31.0 Å². The number of aliphatic hydroxyl groups is 1. The third-order valence-electron chi connectivity index (χ3n) is 4.97. The van der Waals surface area contributed by atoms with Gasteiger partial charge in [-0.05, 0) is 36.8 Å². The summed E-state index contributed by atoms with van der Waals surface area (Å²) in [4.78, 5) is 26.8. The summed E-state index contributed by atoms with van der Waals surface area (Å²) in [5.74, 6) is -3.69. The van der Waals surface area contributed by atoms with E-state index in [1.54, 1.807) is 39.0 Å². The van der Waals surface area contributed by atoms with Gasteiger partial charge in [0.15, 0.2) is 23.0 Å². The molecule has 1 N–H and O–H groups in total. The third-order valence-corrected chi connectivity index (χ3v) is 4.97. The van der Waals surface area contributed by atoms with Crippen LogP contribution in [0.4, 0.5) is 14.5 Å². The molecule has 0 bridgehead atoms. The van der Waals surface area contributed by atoms with Crippen molar-refractivity contribution in [2.75, 3.05) is 18.6 Å². The fourth-order valence-electron chi connectivity index (χ4n) is 3.53. The first-order valence-electron chi connectivity index (χ1n) is 9.77. The number of halogens is 2. The van der Waals surface area contributed by atoms with Gasteiger partial charge in [-0.2, -0.15) is 0 Å². The second-order valence-electron chi connectivity index (χ2n) is 7.30. The Hall–Kier alpha value is -3.42. The zero-order chi connectivity index (χ0) is 22.9. The first-order valence-corrected chi connectivity index (χ1v) is 9.77. The molecule has 2 aromatic rings. The van der Waals surface area contributed by atoms with Crippen molar-refractivity contribution in [3.05, 3.63) is 64.9 Å². The molecule has 1 heterocycles. The summed E-state index contributed by atoms with van der Waals surface area (Å²) in [7, 11) is 1.46. The summed E-state index contributed by atoms with van der Waals surface area (Å²) in [5.41, 5.74) is -0.201. The molecule has 0 radical (unpaired) electrons. The Bertz CT molecular complexity index is 1060. The number of methoxy groups -OCH3 is 1. The van der Waals surface area contributed by atoms with Crippen LogP contribution in [0.15, 0.2) is 47.7 Å². The molecule has 8 heteroatoms. The van der Waals surface area contributed by atoms with E-state index in [1.807, 2.05) is 0 Å². The van der Waals surface area contributed by atoms with E-state index in [4.69, 9.17) is 9.47 Å². The highest BCUT2D eigenvalue weighted by Gasteiger charge is 2.46. The monoisotopic (exact) mass is 431 g/mol. The quantitative estimate of drug-likeness (QED) is 0.699. The van der Waals surface area contributed by atoms with E-state index in [9.17, 15) is 23.5 Å². The number of nitrogens with zero attached hydrogens (tertiary/aromatic N) is 1. The second-order valence-corrected chi connectivity index (χ2v) is 7.30. The third kappa shape index (κ3) is 3.97. The molecule has 2 aromatic carbocycles. The number of hydrogen-bond acceptors (Lipinski definition) is 5. The van der Waals surface area contributed by atoms with E-state index < -0.39 is 41.0 Å². The van der Waals surface area contributed by atoms with E-state index in [1.165, 1.54) is 7.11 Å². The average Bonchev–Trinajstić information content (AvgIpc) is 3.00. The Kier molecular flexibility index (Phi) is 6.29. The molecular weight excluding hydrogens is 408 g/mol. The number of ether oxygens (including phenoxy) is 2. The molecule has 6 nitrogen and oxygen atoms in total. The first-order chi connectivity index (χ1) is 14.7. The van der Waals surface area contributed by atoms with E-state index in [0.29, 0.717) is 23.7 Å². The SMILES string of the molecule is CCOc1cc(C2C(C(=O)C(C)C)=C(O)C(=O)N2c2cc(F)ccc2F)ccc1OC. The van der Waals surface area contributed by atoms with Gasteiger partial charge in [-0.1, -0.05) is 19.9 Å². The van der Waals surface area contributed by atoms with Gasteiger partial charge in [0.2, 0.25) is 0 Å². The lowest BCUT2D eigenvalue weighted by atomic mass is 9.91. The van der Waals surface area contributed by atoms with E-state index in [0.717, 1.165) is 23.1 Å². The number of amides is 1. The van der Waals surface area contributed by atoms with E-state index in [-0.39, 0.29) is 11.3 Å². The van der Waals surface area contributed by atoms with Crippen molar-refractivity contribution >= 4 is 17.4 Å². The van der Waals surface area contributed by atoms with Gasteiger partial charge in [0.25, 0.3) is 5.91 Å². The predicted molar refractivity (Wildman–Crippen MR) is 110 cm³/mol. The van der Waals surface area contributed by atoms with Gasteiger partial charge in [-0.25, -0.2) is 8.78 Å². The van der Waals surface area contributed by atoms with Crippen LogP contribution in [0, 0.1) is 17.6 Å². The molecule has 164 valence electrons. The average molecular weight is 431 g/mol. The van der Waals surface area contributed by atoms with Crippen molar-refractivity contribution in [3.63, 3.8) is 0 Å². The van der Waals surface area contributed by atoms with Gasteiger partial charge in [0, 0.05) is 12.0 Å². The largest absolute Gasteiger partial charge is 0.503 e. The highest BCUT2D eigenvalue weighted by Crippen LogP contribution is 2.44. The lowest BCUT2D eigenvalue weighted by Crippen LogP contribution is -2.32. The van der Waals surface area contributed by atoms with Crippen molar-refractivity contribution in [3.8, 4) is 11.5 Å². The van der Waals surface area contributed by atoms with Crippen molar-refractivity contribution in [1.29, 1.82) is 0 Å². The molecule has 1 unspecified atom stereocenters. The lowest BCUT2D eigenvalue weighted by molar-refractivity contribution is -0.119. The molecule has 0 saturated heterocycles. The molecule has 0 aliphatic carbocycles. The summed E-state index contributed by atoms with van der Waals surface area (Å²) in [6.45, 7) is 5.34. The molecule has 0 aromatic heterocycles. The van der Waals surface area contributed by atoms with Gasteiger partial charge >= 0.3 is 0 Å². The molecule has 3 rings (SSSR count). The van der Waals surface area contributed by atoms with Crippen LogP contribution in [0.1, 0.15) is 32.4 Å². The number of carbonyl (C=O) groups excluding carboxylic acids is 2. The van der Waals surface area contributed by atoms with Crippen LogP contribution in [0.3, 0.4) is 0 Å². The van der Waals surface area contributed by atoms with Crippen LogP contribution in [-0.2, 0) is 9.59 Å². The molecule has 0 spiro atoms. The maximum atomic E-state index is 14.6. The smallest absolute Gasteiger partial charge is 0.294 e. The topological polar surface area (TPSA) is 76.1 Å². The number of Topliss-reactive ketones (excluding diaryl/α,β-unsaturated/α-hetero) is 1. The number of aliphatic hydroxyl groups excluding tert-OH is 1. The van der Waals surface area contributed by atoms with E-state index in [2.05, 4.69) is 0 Å². The van der Waals surface area contributed by atoms with E-state index >= 15 is 0 Å². The highest BCUT2D eigenvalue weighted by atomic mass is 19.1. The molecule has 31 heavy (non-hydrogen) atoms. The highest BCUT2D eigenvalue weighted by molar-refractivity contribution is 6.16. The Morgan fingerprint density at radius 1 is 1.16 bits per heavy atom. The number of rotatable bonds is 7. The number of anilines is 1. The normalized spacial score (nSPS) is 16.3. The van der Waals surface area contributed by atoms with Crippen LogP contribution in [0.25, 0.3) is 0 Å².